The smallest absolute Gasteiger partial charge is 0.169 e. The zero-order valence-corrected chi connectivity index (χ0v) is 9.85. The number of hydrogen-bond donors (Lipinski definition) is 0. The second-order valence-corrected chi connectivity index (χ2v) is 3.95. The molecule has 0 aliphatic carbocycles. The fraction of sp³-hybridized carbons (Fsp3) is 0.400. The lowest BCUT2D eigenvalue weighted by Gasteiger charge is -2.05. The Morgan fingerprint density at radius 2 is 2.50 bits per heavy atom. The van der Waals surface area contributed by atoms with Crippen molar-refractivity contribution in [1.29, 1.82) is 0 Å². The van der Waals surface area contributed by atoms with Crippen LogP contribution < -0.4 is 0 Å². The van der Waals surface area contributed by atoms with Gasteiger partial charge in [0.2, 0.25) is 0 Å². The van der Waals surface area contributed by atoms with Gasteiger partial charge in [0.05, 0.1) is 12.3 Å². The summed E-state index contributed by atoms with van der Waals surface area (Å²) < 4.78 is 20.9. The van der Waals surface area contributed by atoms with Crippen LogP contribution in [-0.4, -0.2) is 41.8 Å². The van der Waals surface area contributed by atoms with Gasteiger partial charge < -0.3 is 4.74 Å². The van der Waals surface area contributed by atoms with Gasteiger partial charge in [0.25, 0.3) is 0 Å². The highest BCUT2D eigenvalue weighted by molar-refractivity contribution is 7.79. The summed E-state index contributed by atoms with van der Waals surface area (Å²) >= 11 is -1.30. The standard InChI is InChI=1S/C10H14N2O3S/c1-3-6-14-10-4-5-11-9(7-12-10)8-15-16(2)13/h3-5,7,10H,1,6,8H2,2H3. The van der Waals surface area contributed by atoms with E-state index in [9.17, 15) is 4.21 Å². The molecule has 1 aliphatic heterocycles. The van der Waals surface area contributed by atoms with Crippen LogP contribution in [0.25, 0.3) is 0 Å². The van der Waals surface area contributed by atoms with Crippen molar-refractivity contribution in [1.82, 2.24) is 0 Å². The van der Waals surface area contributed by atoms with Crippen molar-refractivity contribution in [3.05, 3.63) is 24.9 Å². The molecule has 0 radical (unpaired) electrons. The summed E-state index contributed by atoms with van der Waals surface area (Å²) in [5.74, 6) is 0. The summed E-state index contributed by atoms with van der Waals surface area (Å²) in [5.41, 5.74) is 0.608. The molecule has 0 fully saturated rings. The molecule has 2 atom stereocenters. The van der Waals surface area contributed by atoms with E-state index in [0.717, 1.165) is 0 Å². The highest BCUT2D eigenvalue weighted by Crippen LogP contribution is 2.00. The Balaban J connectivity index is 2.46. The summed E-state index contributed by atoms with van der Waals surface area (Å²) in [4.78, 5) is 8.20. The molecule has 1 rings (SSSR count). The summed E-state index contributed by atoms with van der Waals surface area (Å²) in [6.45, 7) is 4.15. The van der Waals surface area contributed by atoms with Gasteiger partial charge in [0, 0.05) is 18.7 Å². The summed E-state index contributed by atoms with van der Waals surface area (Å²) in [7, 11) is 0. The minimum Gasteiger partial charge on any atom is -0.349 e. The fourth-order valence-corrected chi connectivity index (χ4v) is 1.22. The maximum atomic E-state index is 10.7. The molecular weight excluding hydrogens is 228 g/mol. The van der Waals surface area contributed by atoms with Crippen molar-refractivity contribution in [3.8, 4) is 0 Å². The van der Waals surface area contributed by atoms with Gasteiger partial charge in [-0.3, -0.25) is 14.2 Å². The first-order chi connectivity index (χ1) is 7.72. The minimum atomic E-state index is -1.30. The topological polar surface area (TPSA) is 60.2 Å². The van der Waals surface area contributed by atoms with E-state index in [-0.39, 0.29) is 12.8 Å². The van der Waals surface area contributed by atoms with E-state index in [4.69, 9.17) is 8.92 Å². The minimum absolute atomic E-state index is 0.172. The molecule has 16 heavy (non-hydrogen) atoms. The van der Waals surface area contributed by atoms with Crippen LogP contribution in [0, 0.1) is 0 Å². The number of aliphatic imine (C=N–C) groups is 2. The van der Waals surface area contributed by atoms with Gasteiger partial charge in [-0.05, 0) is 6.08 Å². The number of ether oxygens (including phenoxy) is 1. The zero-order chi connectivity index (χ0) is 11.8. The molecule has 0 saturated carbocycles. The molecule has 5 nitrogen and oxygen atoms in total. The molecule has 6 heteroatoms. The molecule has 0 amide bonds. The van der Waals surface area contributed by atoms with Gasteiger partial charge in [0.15, 0.2) is 17.3 Å². The number of hydrogen-bond acceptors (Lipinski definition) is 5. The average molecular weight is 242 g/mol. The van der Waals surface area contributed by atoms with Gasteiger partial charge in [-0.2, -0.15) is 0 Å². The van der Waals surface area contributed by atoms with Crippen LogP contribution >= 0.6 is 0 Å². The van der Waals surface area contributed by atoms with Crippen LogP contribution in [0.5, 0.6) is 0 Å². The van der Waals surface area contributed by atoms with E-state index in [2.05, 4.69) is 16.6 Å². The molecule has 0 aromatic heterocycles. The molecule has 2 unspecified atom stereocenters. The molecule has 0 saturated heterocycles. The van der Waals surface area contributed by atoms with Crippen molar-refractivity contribution < 1.29 is 13.1 Å². The monoisotopic (exact) mass is 242 g/mol. The third kappa shape index (κ3) is 5.11. The maximum Gasteiger partial charge on any atom is 0.169 e. The van der Waals surface area contributed by atoms with Gasteiger partial charge in [0.1, 0.15) is 6.61 Å². The second-order valence-electron chi connectivity index (χ2n) is 2.92. The predicted molar refractivity (Wildman–Crippen MR) is 65.0 cm³/mol. The van der Waals surface area contributed by atoms with E-state index in [1.165, 1.54) is 6.26 Å². The van der Waals surface area contributed by atoms with E-state index in [1.807, 2.05) is 0 Å². The van der Waals surface area contributed by atoms with E-state index >= 15 is 0 Å². The number of nitrogens with zero attached hydrogens (tertiary/aromatic N) is 2. The highest BCUT2D eigenvalue weighted by Gasteiger charge is 2.05. The lowest BCUT2D eigenvalue weighted by atomic mass is 10.4. The molecule has 0 aromatic carbocycles. The van der Waals surface area contributed by atoms with Crippen molar-refractivity contribution in [2.45, 2.75) is 6.23 Å². The molecule has 1 aliphatic rings. The quantitative estimate of drug-likeness (QED) is 0.649. The fourth-order valence-electron chi connectivity index (χ4n) is 0.938. The first-order valence-electron chi connectivity index (χ1n) is 4.68. The highest BCUT2D eigenvalue weighted by atomic mass is 32.2. The number of rotatable bonds is 6. The molecule has 0 aromatic rings. The Hall–Kier alpha value is -1.11. The van der Waals surface area contributed by atoms with Crippen molar-refractivity contribution in [2.75, 3.05) is 19.5 Å². The van der Waals surface area contributed by atoms with Crippen molar-refractivity contribution in [2.24, 2.45) is 9.98 Å². The van der Waals surface area contributed by atoms with Gasteiger partial charge in [-0.15, -0.1) is 6.58 Å². The third-order valence-electron chi connectivity index (χ3n) is 1.62. The molecule has 88 valence electrons. The Kier molecular flexibility index (Phi) is 5.84. The van der Waals surface area contributed by atoms with Crippen molar-refractivity contribution >= 4 is 23.0 Å². The summed E-state index contributed by atoms with van der Waals surface area (Å²) in [6, 6.07) is 0. The third-order valence-corrected chi connectivity index (χ3v) is 2.07. The molecular formula is C10H14N2O3S. The van der Waals surface area contributed by atoms with Gasteiger partial charge in [-0.1, -0.05) is 6.08 Å². The first-order valence-corrected chi connectivity index (χ1v) is 6.16. The summed E-state index contributed by atoms with van der Waals surface area (Å²) in [6.07, 6.45) is 7.63. The first kappa shape index (κ1) is 13.0. The summed E-state index contributed by atoms with van der Waals surface area (Å²) in [5, 5.41) is 0. The van der Waals surface area contributed by atoms with Crippen LogP contribution in [0.4, 0.5) is 0 Å². The Labute approximate surface area is 97.2 Å². The van der Waals surface area contributed by atoms with Gasteiger partial charge in [-0.25, -0.2) is 4.21 Å². The van der Waals surface area contributed by atoms with E-state index in [1.54, 1.807) is 24.6 Å². The van der Waals surface area contributed by atoms with E-state index < -0.39 is 11.1 Å². The largest absolute Gasteiger partial charge is 0.349 e. The van der Waals surface area contributed by atoms with Gasteiger partial charge >= 0.3 is 0 Å². The predicted octanol–water partition coefficient (Wildman–Crippen LogP) is 0.864. The molecule has 0 spiro atoms. The second kappa shape index (κ2) is 7.21. The molecule has 0 N–H and O–H groups in total. The average Bonchev–Trinajstić information content (AvgIpc) is 2.48. The lowest BCUT2D eigenvalue weighted by Crippen LogP contribution is -2.12. The normalized spacial score (nSPS) is 21.3. The van der Waals surface area contributed by atoms with Crippen LogP contribution in [0.15, 0.2) is 34.9 Å². The zero-order valence-electron chi connectivity index (χ0n) is 9.04. The van der Waals surface area contributed by atoms with Crippen LogP contribution in [0.1, 0.15) is 0 Å². The lowest BCUT2D eigenvalue weighted by molar-refractivity contribution is 0.117. The Bertz CT molecular complexity index is 350. The van der Waals surface area contributed by atoms with Crippen LogP contribution in [0.2, 0.25) is 0 Å². The SMILES string of the molecule is C=CCOC1C=CN=C(COS(C)=O)C=N1. The van der Waals surface area contributed by atoms with Crippen LogP contribution in [-0.2, 0) is 20.0 Å². The van der Waals surface area contributed by atoms with Crippen LogP contribution in [0.3, 0.4) is 0 Å². The molecule has 0 bridgehead atoms. The van der Waals surface area contributed by atoms with Crippen molar-refractivity contribution in [3.63, 3.8) is 0 Å². The van der Waals surface area contributed by atoms with E-state index in [0.29, 0.717) is 12.3 Å². The Morgan fingerprint density at radius 3 is 3.19 bits per heavy atom. The Morgan fingerprint density at radius 1 is 1.69 bits per heavy atom. The molecule has 1 heterocycles. The maximum absolute atomic E-state index is 10.7.